The molecule has 1 aromatic carbocycles. The number of terminal acetylenes is 1. The first-order valence-corrected chi connectivity index (χ1v) is 5.67. The van der Waals surface area contributed by atoms with Crippen molar-refractivity contribution >= 4 is 11.9 Å². The quantitative estimate of drug-likeness (QED) is 0.438. The first-order chi connectivity index (χ1) is 9.13. The minimum atomic E-state index is -0.530. The Hall–Kier alpha value is -2.32. The fraction of sp³-hybridized carbons (Fsp3) is 0.286. The van der Waals surface area contributed by atoms with Crippen molar-refractivity contribution in [2.75, 3.05) is 13.2 Å². The zero-order chi connectivity index (χ0) is 14.1. The summed E-state index contributed by atoms with van der Waals surface area (Å²) in [5.74, 6) is 1.29. The van der Waals surface area contributed by atoms with Gasteiger partial charge in [0, 0.05) is 6.92 Å². The second kappa shape index (κ2) is 7.90. The molecule has 0 aliphatic carbocycles. The van der Waals surface area contributed by atoms with Gasteiger partial charge in [-0.1, -0.05) is 36.3 Å². The molecular formula is C14H15NO4. The zero-order valence-electron chi connectivity index (χ0n) is 10.7. The van der Waals surface area contributed by atoms with Crippen LogP contribution in [0, 0.1) is 12.3 Å². The Morgan fingerprint density at radius 3 is 2.58 bits per heavy atom. The summed E-state index contributed by atoms with van der Waals surface area (Å²) in [6, 6.07) is 9.35. The normalized spacial score (nSPS) is 9.47. The smallest absolute Gasteiger partial charge is 0.303 e. The highest BCUT2D eigenvalue weighted by molar-refractivity contribution is 5.79. The first kappa shape index (κ1) is 14.7. The number of hydroxylamine groups is 2. The molecule has 1 aromatic rings. The van der Waals surface area contributed by atoms with E-state index in [1.54, 1.807) is 0 Å². The Labute approximate surface area is 112 Å². The molecule has 1 amide bonds. The van der Waals surface area contributed by atoms with Crippen molar-refractivity contribution in [3.8, 4) is 12.3 Å². The maximum Gasteiger partial charge on any atom is 0.303 e. The third-order valence-corrected chi connectivity index (χ3v) is 2.14. The van der Waals surface area contributed by atoms with Gasteiger partial charge in [0.15, 0.2) is 6.61 Å². The maximum absolute atomic E-state index is 11.7. The molecule has 0 heterocycles. The van der Waals surface area contributed by atoms with E-state index in [2.05, 4.69) is 10.7 Å². The predicted octanol–water partition coefficient (Wildman–Crippen LogP) is 1.14. The molecule has 1 rings (SSSR count). The molecule has 0 bridgehead atoms. The van der Waals surface area contributed by atoms with Gasteiger partial charge in [0.2, 0.25) is 0 Å². The van der Waals surface area contributed by atoms with E-state index in [0.717, 1.165) is 10.6 Å². The van der Waals surface area contributed by atoms with Crippen LogP contribution in [0.1, 0.15) is 12.5 Å². The van der Waals surface area contributed by atoms with Crippen molar-refractivity contribution in [2.24, 2.45) is 0 Å². The number of rotatable bonds is 6. The first-order valence-electron chi connectivity index (χ1n) is 5.67. The summed E-state index contributed by atoms with van der Waals surface area (Å²) in [6.45, 7) is 1.05. The van der Waals surface area contributed by atoms with Gasteiger partial charge in [-0.25, -0.2) is 5.06 Å². The van der Waals surface area contributed by atoms with Crippen LogP contribution in [0.2, 0.25) is 0 Å². The van der Waals surface area contributed by atoms with E-state index < -0.39 is 11.9 Å². The molecule has 0 saturated heterocycles. The number of nitrogens with zero attached hydrogens (tertiary/aromatic N) is 1. The second-order valence-corrected chi connectivity index (χ2v) is 3.67. The molecular weight excluding hydrogens is 246 g/mol. The number of ether oxygens (including phenoxy) is 1. The Balaban J connectivity index is 2.50. The number of hydrogen-bond acceptors (Lipinski definition) is 4. The van der Waals surface area contributed by atoms with Crippen molar-refractivity contribution in [3.05, 3.63) is 35.9 Å². The van der Waals surface area contributed by atoms with Crippen LogP contribution < -0.4 is 0 Å². The molecule has 5 nitrogen and oxygen atoms in total. The lowest BCUT2D eigenvalue weighted by atomic mass is 10.2. The summed E-state index contributed by atoms with van der Waals surface area (Å²) in [4.78, 5) is 27.6. The molecule has 0 spiro atoms. The summed E-state index contributed by atoms with van der Waals surface area (Å²) in [6.07, 6.45) is 5.16. The van der Waals surface area contributed by atoms with Crippen LogP contribution in [0.15, 0.2) is 30.3 Å². The molecule has 0 saturated carbocycles. The van der Waals surface area contributed by atoms with Crippen LogP contribution >= 0.6 is 0 Å². The van der Waals surface area contributed by atoms with Crippen LogP contribution in [0.4, 0.5) is 0 Å². The van der Waals surface area contributed by atoms with Gasteiger partial charge in [-0.15, -0.1) is 6.42 Å². The summed E-state index contributed by atoms with van der Waals surface area (Å²) in [5.41, 5.74) is 0.907. The van der Waals surface area contributed by atoms with Crippen LogP contribution in [0.25, 0.3) is 0 Å². The van der Waals surface area contributed by atoms with E-state index in [-0.39, 0.29) is 19.8 Å². The molecule has 0 aliphatic rings. The summed E-state index contributed by atoms with van der Waals surface area (Å²) < 4.78 is 4.60. The molecule has 100 valence electrons. The topological polar surface area (TPSA) is 55.8 Å². The Kier molecular flexibility index (Phi) is 6.13. The third-order valence-electron chi connectivity index (χ3n) is 2.14. The van der Waals surface area contributed by atoms with Gasteiger partial charge in [0.25, 0.3) is 5.91 Å². The minimum absolute atomic E-state index is 0.00701. The van der Waals surface area contributed by atoms with Crippen molar-refractivity contribution in [3.63, 3.8) is 0 Å². The molecule has 5 heteroatoms. The van der Waals surface area contributed by atoms with Crippen molar-refractivity contribution in [1.29, 1.82) is 0 Å². The van der Waals surface area contributed by atoms with E-state index in [1.807, 2.05) is 30.3 Å². The lowest BCUT2D eigenvalue weighted by Gasteiger charge is -2.19. The maximum atomic E-state index is 11.7. The molecule has 0 N–H and O–H groups in total. The van der Waals surface area contributed by atoms with Gasteiger partial charge in [0.1, 0.15) is 13.2 Å². The van der Waals surface area contributed by atoms with E-state index in [9.17, 15) is 9.59 Å². The largest absolute Gasteiger partial charge is 0.456 e. The van der Waals surface area contributed by atoms with Gasteiger partial charge in [-0.05, 0) is 5.56 Å². The fourth-order valence-electron chi connectivity index (χ4n) is 1.25. The van der Waals surface area contributed by atoms with E-state index >= 15 is 0 Å². The molecule has 0 radical (unpaired) electrons. The van der Waals surface area contributed by atoms with Gasteiger partial charge < -0.3 is 4.74 Å². The number of carbonyl (C=O) groups is 2. The van der Waals surface area contributed by atoms with Crippen molar-refractivity contribution in [2.45, 2.75) is 13.5 Å². The van der Waals surface area contributed by atoms with Crippen LogP contribution in [0.5, 0.6) is 0 Å². The highest BCUT2D eigenvalue weighted by Gasteiger charge is 2.14. The summed E-state index contributed by atoms with van der Waals surface area (Å²) >= 11 is 0. The number of esters is 1. The fourth-order valence-corrected chi connectivity index (χ4v) is 1.25. The molecule has 19 heavy (non-hydrogen) atoms. The van der Waals surface area contributed by atoms with Gasteiger partial charge in [0.05, 0.1) is 0 Å². The number of amides is 1. The molecule has 0 aromatic heterocycles. The summed E-state index contributed by atoms with van der Waals surface area (Å²) in [7, 11) is 0. The average molecular weight is 261 g/mol. The Bertz CT molecular complexity index is 464. The van der Waals surface area contributed by atoms with E-state index in [4.69, 9.17) is 11.3 Å². The van der Waals surface area contributed by atoms with Crippen molar-refractivity contribution in [1.82, 2.24) is 5.06 Å². The Morgan fingerprint density at radius 1 is 1.32 bits per heavy atom. The van der Waals surface area contributed by atoms with Crippen LogP contribution in [0.3, 0.4) is 0 Å². The highest BCUT2D eigenvalue weighted by atomic mass is 16.7. The van der Waals surface area contributed by atoms with Gasteiger partial charge in [-0.3, -0.25) is 14.4 Å². The number of carbonyl (C=O) groups excluding carboxylic acids is 2. The van der Waals surface area contributed by atoms with Crippen LogP contribution in [-0.2, 0) is 25.8 Å². The third kappa shape index (κ3) is 5.70. The van der Waals surface area contributed by atoms with Gasteiger partial charge >= 0.3 is 5.97 Å². The highest BCUT2D eigenvalue weighted by Crippen LogP contribution is 2.03. The standard InChI is InChI=1S/C14H15NO4/c1-3-9-15(14(17)11-18-12(2)16)19-10-13-7-5-4-6-8-13/h1,4-8H,9-11H2,2H3. The predicted molar refractivity (Wildman–Crippen MR) is 68.4 cm³/mol. The SMILES string of the molecule is C#CCN(OCc1ccccc1)C(=O)COC(C)=O. The lowest BCUT2D eigenvalue weighted by molar-refractivity contribution is -0.192. The van der Waals surface area contributed by atoms with Crippen molar-refractivity contribution < 1.29 is 19.2 Å². The van der Waals surface area contributed by atoms with E-state index in [0.29, 0.717) is 0 Å². The monoisotopic (exact) mass is 261 g/mol. The number of hydrogen-bond donors (Lipinski definition) is 0. The molecule has 0 atom stereocenters. The molecule has 0 unspecified atom stereocenters. The van der Waals surface area contributed by atoms with E-state index in [1.165, 1.54) is 6.92 Å². The minimum Gasteiger partial charge on any atom is -0.456 e. The van der Waals surface area contributed by atoms with Gasteiger partial charge in [-0.2, -0.15) is 0 Å². The summed E-state index contributed by atoms with van der Waals surface area (Å²) in [5, 5.41) is 1.01. The Morgan fingerprint density at radius 2 is 2.00 bits per heavy atom. The number of benzene rings is 1. The second-order valence-electron chi connectivity index (χ2n) is 3.67. The van der Waals surface area contributed by atoms with Crippen LogP contribution in [-0.4, -0.2) is 30.1 Å². The lowest BCUT2D eigenvalue weighted by Crippen LogP contribution is -2.34. The average Bonchev–Trinajstić information content (AvgIpc) is 2.42. The zero-order valence-corrected chi connectivity index (χ0v) is 10.7. The molecule has 0 aliphatic heterocycles. The molecule has 0 fully saturated rings.